The van der Waals surface area contributed by atoms with Crippen LogP contribution in [0.5, 0.6) is 0 Å². The number of rotatable bonds is 4. The molecule has 0 rings (SSSR count). The van der Waals surface area contributed by atoms with Crippen LogP contribution >= 0.6 is 0 Å². The summed E-state index contributed by atoms with van der Waals surface area (Å²) in [5, 5.41) is 17.1. The maximum atomic E-state index is 10.5. The van der Waals surface area contributed by atoms with Gasteiger partial charge in [-0.25, -0.2) is 0 Å². The molecule has 0 aliphatic heterocycles. The molecule has 5 heteroatoms. The van der Waals surface area contributed by atoms with Crippen molar-refractivity contribution >= 4 is 49.7 Å². The van der Waals surface area contributed by atoms with Crippen molar-refractivity contribution in [2.24, 2.45) is 11.3 Å². The fraction of sp³-hybridized carbons (Fsp3) is 0.778. The van der Waals surface area contributed by atoms with Gasteiger partial charge in [-0.05, 0) is 18.3 Å². The average molecular weight is 230 g/mol. The summed E-state index contributed by atoms with van der Waals surface area (Å²) >= 11 is 0. The fourth-order valence-electron chi connectivity index (χ4n) is 0.930. The first-order valence-electron chi connectivity index (χ1n) is 4.19. The molecule has 0 saturated heterocycles. The van der Waals surface area contributed by atoms with E-state index in [4.69, 9.17) is 10.2 Å². The molecule has 0 aromatic heterocycles. The Hall–Kier alpha value is 0.200. The molecule has 0 aliphatic carbocycles. The summed E-state index contributed by atoms with van der Waals surface area (Å²) in [5.74, 6) is -3.77. The third-order valence-electron chi connectivity index (χ3n) is 1.78. The van der Waals surface area contributed by atoms with E-state index in [1.165, 1.54) is 0 Å². The average Bonchev–Trinajstić information content (AvgIpc) is 1.82. The van der Waals surface area contributed by atoms with E-state index in [1.807, 2.05) is 20.8 Å². The number of aliphatic carboxylic acids is 2. The Kier molecular flexibility index (Phi) is 7.89. The minimum absolute atomic E-state index is 0. The first-order chi connectivity index (χ1) is 5.74. The molecule has 14 heavy (non-hydrogen) atoms. The molecular weight excluding hydrogens is 212 g/mol. The summed E-state index contributed by atoms with van der Waals surface area (Å²) in [6.07, 6.45) is 0.782. The van der Waals surface area contributed by atoms with Gasteiger partial charge in [-0.1, -0.05) is 20.8 Å². The monoisotopic (exact) mass is 230 g/mol. The van der Waals surface area contributed by atoms with Gasteiger partial charge in [0.05, 0.1) is 0 Å². The minimum atomic E-state index is -1.26. The molecular formula is C9H18CaO4. The maximum absolute atomic E-state index is 10.5. The van der Waals surface area contributed by atoms with Crippen LogP contribution in [0.3, 0.4) is 0 Å². The van der Waals surface area contributed by atoms with Crippen molar-refractivity contribution in [3.8, 4) is 0 Å². The van der Waals surface area contributed by atoms with E-state index in [0.29, 0.717) is 6.42 Å². The topological polar surface area (TPSA) is 74.6 Å². The van der Waals surface area contributed by atoms with Crippen molar-refractivity contribution in [3.05, 3.63) is 0 Å². The van der Waals surface area contributed by atoms with E-state index in [2.05, 4.69) is 0 Å². The summed E-state index contributed by atoms with van der Waals surface area (Å²) in [6.45, 7) is 5.86. The number of carboxylic acid groups (broad SMARTS) is 2. The fourth-order valence-corrected chi connectivity index (χ4v) is 0.930. The molecule has 0 radical (unpaired) electrons. The van der Waals surface area contributed by atoms with Gasteiger partial charge in [0.15, 0.2) is 5.92 Å². The number of carboxylic acids is 2. The van der Waals surface area contributed by atoms with Gasteiger partial charge < -0.3 is 10.2 Å². The van der Waals surface area contributed by atoms with Gasteiger partial charge in [0.2, 0.25) is 0 Å². The Morgan fingerprint density at radius 1 is 1.14 bits per heavy atom. The van der Waals surface area contributed by atoms with Crippen LogP contribution in [0.2, 0.25) is 0 Å². The molecule has 0 aromatic rings. The summed E-state index contributed by atoms with van der Waals surface area (Å²) < 4.78 is 0. The van der Waals surface area contributed by atoms with Crippen LogP contribution in [0.15, 0.2) is 0 Å². The standard InChI is InChI=1S/C9H16O4.Ca.2H/c1-9(2,3)5-4-6(7(10)11)8(12)13;;;/h6H,4-5H2,1-3H3,(H,10,11)(H,12,13);;;. The molecule has 0 fully saturated rings. The number of hydrogen-bond acceptors (Lipinski definition) is 2. The summed E-state index contributed by atoms with van der Waals surface area (Å²) in [4.78, 5) is 21.0. The molecule has 0 aromatic carbocycles. The molecule has 80 valence electrons. The van der Waals surface area contributed by atoms with E-state index in [9.17, 15) is 9.59 Å². The molecule has 0 atom stereocenters. The van der Waals surface area contributed by atoms with Gasteiger partial charge in [-0.15, -0.1) is 0 Å². The van der Waals surface area contributed by atoms with E-state index in [1.54, 1.807) is 0 Å². The normalized spacial score (nSPS) is 10.9. The van der Waals surface area contributed by atoms with Crippen LogP contribution < -0.4 is 0 Å². The predicted molar refractivity (Wildman–Crippen MR) is 56.0 cm³/mol. The first kappa shape index (κ1) is 16.6. The van der Waals surface area contributed by atoms with Gasteiger partial charge in [-0.2, -0.15) is 0 Å². The van der Waals surface area contributed by atoms with Gasteiger partial charge in [-0.3, -0.25) is 9.59 Å². The molecule has 4 nitrogen and oxygen atoms in total. The van der Waals surface area contributed by atoms with E-state index in [0.717, 1.165) is 0 Å². The zero-order valence-corrected chi connectivity index (χ0v) is 8.20. The van der Waals surface area contributed by atoms with Crippen molar-refractivity contribution in [1.82, 2.24) is 0 Å². The van der Waals surface area contributed by atoms with Crippen LogP contribution in [-0.2, 0) is 9.59 Å². The van der Waals surface area contributed by atoms with Crippen LogP contribution in [0.1, 0.15) is 33.6 Å². The Morgan fingerprint density at radius 3 is 1.71 bits per heavy atom. The second kappa shape index (κ2) is 6.64. The molecule has 0 saturated carbocycles. The van der Waals surface area contributed by atoms with Crippen LogP contribution in [-0.4, -0.2) is 59.9 Å². The zero-order valence-electron chi connectivity index (χ0n) is 8.20. The van der Waals surface area contributed by atoms with E-state index < -0.39 is 17.9 Å². The Balaban J connectivity index is 0. The number of carbonyl (C=O) groups is 2. The molecule has 0 heterocycles. The SMILES string of the molecule is CC(C)(C)CCC(C(=O)O)C(=O)O.[CaH2]. The molecule has 0 spiro atoms. The predicted octanol–water partition coefficient (Wildman–Crippen LogP) is 0.682. The van der Waals surface area contributed by atoms with Crippen LogP contribution in [0.4, 0.5) is 0 Å². The van der Waals surface area contributed by atoms with Crippen molar-refractivity contribution in [2.75, 3.05) is 0 Å². The molecule has 0 aliphatic rings. The summed E-state index contributed by atoms with van der Waals surface area (Å²) in [7, 11) is 0. The van der Waals surface area contributed by atoms with Gasteiger partial charge in [0.25, 0.3) is 0 Å². The Bertz CT molecular complexity index is 193. The van der Waals surface area contributed by atoms with Gasteiger partial charge in [0, 0.05) is 0 Å². The molecule has 2 N–H and O–H groups in total. The summed E-state index contributed by atoms with van der Waals surface area (Å²) in [6, 6.07) is 0. The molecule has 0 amide bonds. The summed E-state index contributed by atoms with van der Waals surface area (Å²) in [5.41, 5.74) is -0.0247. The second-order valence-electron chi connectivity index (χ2n) is 4.33. The van der Waals surface area contributed by atoms with Crippen LogP contribution in [0.25, 0.3) is 0 Å². The van der Waals surface area contributed by atoms with Crippen molar-refractivity contribution in [2.45, 2.75) is 33.6 Å². The molecule has 0 unspecified atom stereocenters. The zero-order chi connectivity index (χ0) is 10.6. The Labute approximate surface area is 114 Å². The second-order valence-corrected chi connectivity index (χ2v) is 4.33. The van der Waals surface area contributed by atoms with Crippen molar-refractivity contribution < 1.29 is 19.8 Å². The van der Waals surface area contributed by atoms with Crippen LogP contribution in [0, 0.1) is 11.3 Å². The van der Waals surface area contributed by atoms with Gasteiger partial charge in [0.1, 0.15) is 0 Å². The van der Waals surface area contributed by atoms with Gasteiger partial charge >= 0.3 is 49.7 Å². The first-order valence-corrected chi connectivity index (χ1v) is 4.19. The van der Waals surface area contributed by atoms with E-state index in [-0.39, 0.29) is 49.6 Å². The van der Waals surface area contributed by atoms with Crippen molar-refractivity contribution in [1.29, 1.82) is 0 Å². The quantitative estimate of drug-likeness (QED) is 0.550. The third-order valence-corrected chi connectivity index (χ3v) is 1.78. The Morgan fingerprint density at radius 2 is 1.50 bits per heavy atom. The van der Waals surface area contributed by atoms with E-state index >= 15 is 0 Å². The number of hydrogen-bond donors (Lipinski definition) is 2. The third kappa shape index (κ3) is 7.59. The van der Waals surface area contributed by atoms with Crippen molar-refractivity contribution in [3.63, 3.8) is 0 Å². The molecule has 0 bridgehead atoms.